The summed E-state index contributed by atoms with van der Waals surface area (Å²) in [6.45, 7) is 2.30. The van der Waals surface area contributed by atoms with Crippen LogP contribution in [0.5, 0.6) is 11.5 Å². The van der Waals surface area contributed by atoms with E-state index in [-0.39, 0.29) is 15.6 Å². The number of carbonyl (C=O) groups excluding carboxylic acids is 2. The predicted molar refractivity (Wildman–Crippen MR) is 112 cm³/mol. The molecule has 0 aliphatic carbocycles. The highest BCUT2D eigenvalue weighted by molar-refractivity contribution is 6.43. The molecule has 0 aliphatic rings. The summed E-state index contributed by atoms with van der Waals surface area (Å²) in [7, 11) is 3.10. The van der Waals surface area contributed by atoms with Crippen molar-refractivity contribution in [3.63, 3.8) is 0 Å². The maximum absolute atomic E-state index is 12.5. The summed E-state index contributed by atoms with van der Waals surface area (Å²) in [6.07, 6.45) is 0. The Morgan fingerprint density at radius 2 is 1.83 bits per heavy atom. The van der Waals surface area contributed by atoms with Crippen molar-refractivity contribution >= 4 is 40.7 Å². The second-order valence-electron chi connectivity index (χ2n) is 5.99. The normalized spacial score (nSPS) is 11.5. The fourth-order valence-corrected chi connectivity index (χ4v) is 2.76. The summed E-state index contributed by atoms with van der Waals surface area (Å²) in [5.41, 5.74) is 0.683. The largest absolute Gasteiger partial charge is 0.493 e. The molecule has 0 saturated carbocycles. The number of halogens is 2. The summed E-state index contributed by atoms with van der Waals surface area (Å²) in [5, 5.41) is 5.72. The van der Waals surface area contributed by atoms with E-state index in [0.29, 0.717) is 30.4 Å². The maximum atomic E-state index is 12.5. The van der Waals surface area contributed by atoms with Gasteiger partial charge in [-0.3, -0.25) is 9.59 Å². The molecule has 2 N–H and O–H groups in total. The van der Waals surface area contributed by atoms with Crippen molar-refractivity contribution in [1.82, 2.24) is 5.32 Å². The smallest absolute Gasteiger partial charge is 0.253 e. The molecule has 0 radical (unpaired) electrons. The third-order valence-electron chi connectivity index (χ3n) is 3.91. The molecule has 0 bridgehead atoms. The van der Waals surface area contributed by atoms with Gasteiger partial charge < -0.3 is 24.8 Å². The van der Waals surface area contributed by atoms with Crippen molar-refractivity contribution in [1.29, 1.82) is 0 Å². The van der Waals surface area contributed by atoms with Crippen LogP contribution in [0.25, 0.3) is 0 Å². The van der Waals surface area contributed by atoms with E-state index >= 15 is 0 Å². The first-order chi connectivity index (χ1) is 13.9. The van der Waals surface area contributed by atoms with Gasteiger partial charge in [-0.2, -0.15) is 0 Å². The summed E-state index contributed by atoms with van der Waals surface area (Å²) in [6, 6.07) is 8.87. The van der Waals surface area contributed by atoms with Crippen LogP contribution in [0.15, 0.2) is 36.4 Å². The molecular weight excluding hydrogens is 419 g/mol. The zero-order valence-electron chi connectivity index (χ0n) is 16.3. The number of ether oxygens (including phenoxy) is 3. The minimum absolute atomic E-state index is 0.132. The van der Waals surface area contributed by atoms with Crippen LogP contribution in [0.1, 0.15) is 17.3 Å². The molecular formula is C20H22Cl2N2O5. The molecule has 7 nitrogen and oxygen atoms in total. The number of rotatable bonds is 9. The third kappa shape index (κ3) is 6.25. The lowest BCUT2D eigenvalue weighted by Gasteiger charge is -2.16. The van der Waals surface area contributed by atoms with Gasteiger partial charge in [-0.25, -0.2) is 0 Å². The van der Waals surface area contributed by atoms with Gasteiger partial charge in [0.25, 0.3) is 5.91 Å². The Morgan fingerprint density at radius 3 is 2.52 bits per heavy atom. The molecule has 1 unspecified atom stereocenters. The number of nitrogens with one attached hydrogen (secondary N) is 2. The molecule has 0 saturated heterocycles. The number of hydrogen-bond donors (Lipinski definition) is 2. The fraction of sp³-hybridized carbons (Fsp3) is 0.300. The zero-order chi connectivity index (χ0) is 21.4. The van der Waals surface area contributed by atoms with E-state index in [0.717, 1.165) is 0 Å². The van der Waals surface area contributed by atoms with Gasteiger partial charge in [0.15, 0.2) is 11.5 Å². The molecule has 0 spiro atoms. The Bertz CT molecular complexity index is 876. The van der Waals surface area contributed by atoms with Crippen LogP contribution in [0.4, 0.5) is 5.69 Å². The average Bonchev–Trinajstić information content (AvgIpc) is 2.70. The molecule has 156 valence electrons. The molecule has 9 heteroatoms. The molecule has 0 aromatic heterocycles. The van der Waals surface area contributed by atoms with Crippen LogP contribution in [0.2, 0.25) is 10.0 Å². The first-order valence-corrected chi connectivity index (χ1v) is 9.48. The summed E-state index contributed by atoms with van der Waals surface area (Å²) in [4.78, 5) is 24.9. The molecule has 2 rings (SSSR count). The molecule has 0 aliphatic heterocycles. The molecule has 2 aromatic carbocycles. The maximum Gasteiger partial charge on any atom is 0.253 e. The van der Waals surface area contributed by atoms with Crippen LogP contribution in [-0.2, 0) is 9.53 Å². The summed E-state index contributed by atoms with van der Waals surface area (Å²) >= 11 is 12.0. The number of amides is 2. The lowest BCUT2D eigenvalue weighted by molar-refractivity contribution is -0.117. The summed E-state index contributed by atoms with van der Waals surface area (Å²) < 4.78 is 15.8. The minimum atomic E-state index is -0.822. The third-order valence-corrected chi connectivity index (χ3v) is 4.73. The molecule has 2 amide bonds. The fourth-order valence-electron chi connectivity index (χ4n) is 2.37. The first-order valence-electron chi connectivity index (χ1n) is 8.73. The van der Waals surface area contributed by atoms with E-state index < -0.39 is 17.9 Å². The second kappa shape index (κ2) is 10.9. The molecule has 0 fully saturated rings. The highest BCUT2D eigenvalue weighted by Gasteiger charge is 2.20. The molecule has 0 heterocycles. The van der Waals surface area contributed by atoms with Gasteiger partial charge in [0.05, 0.1) is 29.3 Å². The number of hydrogen-bond acceptors (Lipinski definition) is 5. The van der Waals surface area contributed by atoms with E-state index in [4.69, 9.17) is 37.4 Å². The highest BCUT2D eigenvalue weighted by Crippen LogP contribution is 2.30. The van der Waals surface area contributed by atoms with Gasteiger partial charge >= 0.3 is 0 Å². The van der Waals surface area contributed by atoms with Gasteiger partial charge in [-0.15, -0.1) is 0 Å². The molecule has 29 heavy (non-hydrogen) atoms. The van der Waals surface area contributed by atoms with Crippen LogP contribution >= 0.6 is 23.2 Å². The number of anilines is 1. The monoisotopic (exact) mass is 440 g/mol. The number of benzene rings is 2. The number of carbonyl (C=O) groups is 2. The molecule has 1 atom stereocenters. The Balaban J connectivity index is 2.04. The van der Waals surface area contributed by atoms with E-state index in [2.05, 4.69) is 10.6 Å². The lowest BCUT2D eigenvalue weighted by Crippen LogP contribution is -2.41. The van der Waals surface area contributed by atoms with Crippen LogP contribution in [0, 0.1) is 0 Å². The average molecular weight is 441 g/mol. The second-order valence-corrected chi connectivity index (χ2v) is 6.78. The van der Waals surface area contributed by atoms with Crippen LogP contribution in [-0.4, -0.2) is 45.3 Å². The zero-order valence-corrected chi connectivity index (χ0v) is 17.8. The number of methoxy groups -OCH3 is 2. The van der Waals surface area contributed by atoms with Crippen molar-refractivity contribution in [2.75, 3.05) is 32.8 Å². The van der Waals surface area contributed by atoms with Crippen LogP contribution < -0.4 is 20.1 Å². The highest BCUT2D eigenvalue weighted by atomic mass is 35.5. The topological polar surface area (TPSA) is 85.9 Å². The quantitative estimate of drug-likeness (QED) is 0.579. The van der Waals surface area contributed by atoms with Gasteiger partial charge in [-0.05, 0) is 31.2 Å². The van der Waals surface area contributed by atoms with Crippen molar-refractivity contribution in [3.8, 4) is 11.5 Å². The van der Waals surface area contributed by atoms with E-state index in [1.165, 1.54) is 13.2 Å². The predicted octanol–water partition coefficient (Wildman–Crippen LogP) is 3.78. The van der Waals surface area contributed by atoms with Crippen molar-refractivity contribution in [3.05, 3.63) is 52.0 Å². The lowest BCUT2D eigenvalue weighted by atomic mass is 10.2. The van der Waals surface area contributed by atoms with E-state index in [1.54, 1.807) is 44.4 Å². The van der Waals surface area contributed by atoms with Crippen molar-refractivity contribution in [2.24, 2.45) is 0 Å². The van der Waals surface area contributed by atoms with Gasteiger partial charge in [0.2, 0.25) is 5.91 Å². The van der Waals surface area contributed by atoms with Crippen molar-refractivity contribution in [2.45, 2.75) is 13.0 Å². The van der Waals surface area contributed by atoms with E-state index in [9.17, 15) is 9.59 Å². The van der Waals surface area contributed by atoms with Crippen molar-refractivity contribution < 1.29 is 23.8 Å². The Kier molecular flexibility index (Phi) is 8.57. The minimum Gasteiger partial charge on any atom is -0.493 e. The van der Waals surface area contributed by atoms with Gasteiger partial charge in [-0.1, -0.05) is 29.3 Å². The van der Waals surface area contributed by atoms with Gasteiger partial charge in [0.1, 0.15) is 12.6 Å². The Labute approximate surface area is 179 Å². The standard InChI is InChI=1S/C20H22Cl2N2O5/c1-12(23-20(26)14-5-4-6-15(21)18(14)22)19(25)24-13-7-8-16(28-3)17(11-13)29-10-9-27-2/h4-8,11-12H,9-10H2,1-3H3,(H,23,26)(H,24,25). The van der Waals surface area contributed by atoms with Gasteiger partial charge in [0, 0.05) is 18.9 Å². The summed E-state index contributed by atoms with van der Waals surface area (Å²) in [5.74, 6) is 0.0729. The first kappa shape index (κ1) is 22.8. The van der Waals surface area contributed by atoms with E-state index in [1.807, 2.05) is 0 Å². The van der Waals surface area contributed by atoms with Crippen LogP contribution in [0.3, 0.4) is 0 Å². The SMILES string of the molecule is COCCOc1cc(NC(=O)C(C)NC(=O)c2cccc(Cl)c2Cl)ccc1OC. The molecule has 2 aromatic rings. The Hall–Kier alpha value is -2.48. The Morgan fingerprint density at radius 1 is 1.07 bits per heavy atom.